The number of anilines is 1. The van der Waals surface area contributed by atoms with Gasteiger partial charge < -0.3 is 24.7 Å². The van der Waals surface area contributed by atoms with Crippen LogP contribution >= 0.6 is 0 Å². The molecule has 0 radical (unpaired) electrons. The Balaban J connectivity index is 1.86. The lowest BCUT2D eigenvalue weighted by Gasteiger charge is -2.19. The number of carbonyl (C=O) groups is 1. The highest BCUT2D eigenvalue weighted by Crippen LogP contribution is 2.18. The number of aliphatic hydroxyl groups excluding tert-OH is 1. The summed E-state index contributed by atoms with van der Waals surface area (Å²) in [5, 5.41) is 15.9. The van der Waals surface area contributed by atoms with Crippen molar-refractivity contribution in [3.8, 4) is 5.75 Å². The molecule has 1 aliphatic rings. The van der Waals surface area contributed by atoms with Crippen LogP contribution in [-0.2, 0) is 24.4 Å². The number of methoxy groups -OCH3 is 1. The number of ether oxygens (including phenoxy) is 2. The minimum Gasteiger partial charge on any atom is -0.495 e. The Morgan fingerprint density at radius 3 is 2.62 bits per heavy atom. The van der Waals surface area contributed by atoms with Crippen molar-refractivity contribution < 1.29 is 32.6 Å². The molecule has 3 rings (SSSR count). The molecule has 0 spiro atoms. The molecule has 1 aromatic carbocycles. The monoisotopic (exact) mass is 492 g/mol. The van der Waals surface area contributed by atoms with Crippen molar-refractivity contribution in [2.24, 2.45) is 5.16 Å². The number of hydrogen-bond acceptors (Lipinski definition) is 9. The molecule has 2 N–H and O–H groups in total. The van der Waals surface area contributed by atoms with Gasteiger partial charge in [-0.2, -0.15) is 4.31 Å². The van der Waals surface area contributed by atoms with E-state index in [0.29, 0.717) is 30.9 Å². The zero-order valence-electron chi connectivity index (χ0n) is 19.0. The third-order valence-corrected chi connectivity index (χ3v) is 7.07. The van der Waals surface area contributed by atoms with Crippen LogP contribution < -0.4 is 10.1 Å². The molecule has 34 heavy (non-hydrogen) atoms. The van der Waals surface area contributed by atoms with Gasteiger partial charge in [-0.1, -0.05) is 24.2 Å². The maximum absolute atomic E-state index is 13.0. The number of oxime groups is 1. The zero-order chi connectivity index (χ0) is 24.6. The Morgan fingerprint density at radius 1 is 1.29 bits per heavy atom. The van der Waals surface area contributed by atoms with Crippen LogP contribution in [0.2, 0.25) is 0 Å². The number of aliphatic hydroxyl groups is 1. The highest BCUT2D eigenvalue weighted by atomic mass is 32.2. The Hall–Kier alpha value is -3.06. The Labute approximate surface area is 198 Å². The fourth-order valence-corrected chi connectivity index (χ4v) is 4.63. The van der Waals surface area contributed by atoms with Gasteiger partial charge in [0.1, 0.15) is 11.6 Å². The molecule has 1 fully saturated rings. The molecule has 0 aliphatic carbocycles. The molecule has 0 bridgehead atoms. The Kier molecular flexibility index (Phi) is 8.93. The van der Waals surface area contributed by atoms with Crippen LogP contribution in [0.15, 0.2) is 52.6 Å². The first kappa shape index (κ1) is 25.6. The maximum atomic E-state index is 13.0. The second-order valence-corrected chi connectivity index (χ2v) is 9.25. The Morgan fingerprint density at radius 2 is 2.06 bits per heavy atom. The molecule has 11 nitrogen and oxygen atoms in total. The molecule has 1 atom stereocenters. The van der Waals surface area contributed by atoms with Gasteiger partial charge in [-0.25, -0.2) is 13.4 Å². The smallest absolute Gasteiger partial charge is 0.279 e. The topological polar surface area (TPSA) is 140 Å². The van der Waals surface area contributed by atoms with Gasteiger partial charge in [0.15, 0.2) is 11.8 Å². The molecule has 2 heterocycles. The minimum atomic E-state index is -3.79. The summed E-state index contributed by atoms with van der Waals surface area (Å²) in [6.45, 7) is 2.52. The molecule has 12 heteroatoms. The zero-order valence-corrected chi connectivity index (χ0v) is 19.8. The first-order chi connectivity index (χ1) is 16.4. The summed E-state index contributed by atoms with van der Waals surface area (Å²) in [6.07, 6.45) is 1.83. The SMILES string of the molecule is CCN(CCO)S(=O)(=O)c1ccc(/C(=N\O[C@@H]2CCOC2)C(=O)Nc2ccc(OC)cn2)cc1. The Bertz CT molecular complexity index is 1080. The fourth-order valence-electron chi connectivity index (χ4n) is 3.19. The molecule has 1 saturated heterocycles. The summed E-state index contributed by atoms with van der Waals surface area (Å²) in [5.74, 6) is 0.239. The summed E-state index contributed by atoms with van der Waals surface area (Å²) in [4.78, 5) is 22.7. The number of likely N-dealkylation sites (N-methyl/N-ethyl adjacent to an activating group) is 1. The number of sulfonamides is 1. The van der Waals surface area contributed by atoms with Gasteiger partial charge in [-0.15, -0.1) is 0 Å². The molecule has 2 aromatic rings. The first-order valence-electron chi connectivity index (χ1n) is 10.7. The van der Waals surface area contributed by atoms with E-state index in [9.17, 15) is 13.2 Å². The lowest BCUT2D eigenvalue weighted by molar-refractivity contribution is -0.110. The summed E-state index contributed by atoms with van der Waals surface area (Å²) >= 11 is 0. The highest BCUT2D eigenvalue weighted by molar-refractivity contribution is 7.89. The van der Waals surface area contributed by atoms with Gasteiger partial charge in [-0.3, -0.25) is 4.79 Å². The number of hydrogen-bond donors (Lipinski definition) is 2. The average Bonchev–Trinajstić information content (AvgIpc) is 3.37. The molecule has 0 unspecified atom stereocenters. The van der Waals surface area contributed by atoms with Crippen LogP contribution in [0.5, 0.6) is 5.75 Å². The van der Waals surface area contributed by atoms with Crippen LogP contribution in [-0.4, -0.2) is 80.6 Å². The number of aromatic nitrogens is 1. The third-order valence-electron chi connectivity index (χ3n) is 5.08. The second kappa shape index (κ2) is 11.9. The second-order valence-electron chi connectivity index (χ2n) is 7.31. The van der Waals surface area contributed by atoms with E-state index in [1.165, 1.54) is 41.9 Å². The van der Waals surface area contributed by atoms with Crippen molar-refractivity contribution in [1.29, 1.82) is 0 Å². The number of pyridine rings is 1. The van der Waals surface area contributed by atoms with Gasteiger partial charge in [0, 0.05) is 25.1 Å². The number of carbonyl (C=O) groups excluding carboxylic acids is 1. The lowest BCUT2D eigenvalue weighted by Crippen LogP contribution is -2.33. The molecule has 1 amide bonds. The largest absolute Gasteiger partial charge is 0.495 e. The average molecular weight is 493 g/mol. The van der Waals surface area contributed by atoms with Gasteiger partial charge in [0.25, 0.3) is 5.91 Å². The standard InChI is InChI=1S/C22H28N4O7S/c1-3-26(11-12-27)34(29,30)19-7-4-16(5-8-19)21(25-33-18-10-13-32-15-18)22(28)24-20-9-6-17(31-2)14-23-20/h4-9,14,18,27H,3,10-13,15H2,1-2H3,(H,23,24,28)/b25-21+/t18-/m1/s1. The number of benzene rings is 1. The first-order valence-corrected chi connectivity index (χ1v) is 12.2. The van der Waals surface area contributed by atoms with E-state index < -0.39 is 15.9 Å². The quantitative estimate of drug-likeness (QED) is 0.353. The van der Waals surface area contributed by atoms with Crippen LogP contribution in [0.4, 0.5) is 5.82 Å². The summed E-state index contributed by atoms with van der Waals surface area (Å²) < 4.78 is 37.1. The van der Waals surface area contributed by atoms with Crippen molar-refractivity contribution >= 4 is 27.5 Å². The molecule has 1 aliphatic heterocycles. The lowest BCUT2D eigenvalue weighted by atomic mass is 10.1. The van der Waals surface area contributed by atoms with E-state index in [4.69, 9.17) is 19.4 Å². The van der Waals surface area contributed by atoms with Crippen molar-refractivity contribution in [2.45, 2.75) is 24.3 Å². The highest BCUT2D eigenvalue weighted by Gasteiger charge is 2.24. The summed E-state index contributed by atoms with van der Waals surface area (Å²) in [5.41, 5.74) is 0.310. The number of nitrogens with one attached hydrogen (secondary N) is 1. The molecule has 184 valence electrons. The van der Waals surface area contributed by atoms with E-state index in [0.717, 1.165) is 0 Å². The van der Waals surface area contributed by atoms with Gasteiger partial charge in [-0.05, 0) is 24.3 Å². The van der Waals surface area contributed by atoms with Crippen molar-refractivity contribution in [1.82, 2.24) is 9.29 Å². The van der Waals surface area contributed by atoms with Crippen LogP contribution in [0.1, 0.15) is 18.9 Å². The van der Waals surface area contributed by atoms with E-state index in [1.54, 1.807) is 19.1 Å². The number of nitrogens with zero attached hydrogens (tertiary/aromatic N) is 3. The van der Waals surface area contributed by atoms with Crippen LogP contribution in [0.25, 0.3) is 0 Å². The van der Waals surface area contributed by atoms with Crippen molar-refractivity contribution in [2.75, 3.05) is 45.3 Å². The minimum absolute atomic E-state index is 0.0120. The van der Waals surface area contributed by atoms with E-state index >= 15 is 0 Å². The van der Waals surface area contributed by atoms with Crippen LogP contribution in [0, 0.1) is 0 Å². The summed E-state index contributed by atoms with van der Waals surface area (Å²) in [7, 11) is -2.28. The maximum Gasteiger partial charge on any atom is 0.279 e. The van der Waals surface area contributed by atoms with E-state index in [2.05, 4.69) is 15.5 Å². The van der Waals surface area contributed by atoms with E-state index in [-0.39, 0.29) is 42.2 Å². The van der Waals surface area contributed by atoms with Crippen molar-refractivity contribution in [3.63, 3.8) is 0 Å². The predicted molar refractivity (Wildman–Crippen MR) is 124 cm³/mol. The van der Waals surface area contributed by atoms with Gasteiger partial charge in [0.05, 0.1) is 38.0 Å². The number of amides is 1. The van der Waals surface area contributed by atoms with Gasteiger partial charge in [0.2, 0.25) is 10.0 Å². The third kappa shape index (κ3) is 6.29. The molecular formula is C22H28N4O7S. The van der Waals surface area contributed by atoms with Crippen molar-refractivity contribution in [3.05, 3.63) is 48.2 Å². The number of rotatable bonds is 11. The molecular weight excluding hydrogens is 464 g/mol. The predicted octanol–water partition coefficient (Wildman–Crippen LogP) is 1.24. The molecule has 1 aromatic heterocycles. The summed E-state index contributed by atoms with van der Waals surface area (Å²) in [6, 6.07) is 8.96. The van der Waals surface area contributed by atoms with Crippen LogP contribution in [0.3, 0.4) is 0 Å². The normalized spacial score (nSPS) is 16.5. The fraction of sp³-hybridized carbons (Fsp3) is 0.409. The van der Waals surface area contributed by atoms with E-state index in [1.807, 2.05) is 0 Å². The molecule has 0 saturated carbocycles. The van der Waals surface area contributed by atoms with Gasteiger partial charge >= 0.3 is 0 Å².